The van der Waals surface area contributed by atoms with Gasteiger partial charge in [-0.1, -0.05) is 11.6 Å². The van der Waals surface area contributed by atoms with E-state index in [0.29, 0.717) is 17.4 Å². The summed E-state index contributed by atoms with van der Waals surface area (Å²) >= 11 is 5.97. The number of imidazole rings is 1. The molecule has 14 heavy (non-hydrogen) atoms. The number of hydrogen-bond acceptors (Lipinski definition) is 3. The summed E-state index contributed by atoms with van der Waals surface area (Å²) in [5, 5.41) is 3.54. The number of aromatic nitrogens is 2. The predicted octanol–water partition coefficient (Wildman–Crippen LogP) is 1.29. The molecule has 2 heterocycles. The molecule has 0 amide bonds. The van der Waals surface area contributed by atoms with Crippen molar-refractivity contribution in [1.29, 1.82) is 0 Å². The zero-order valence-corrected chi connectivity index (χ0v) is 8.54. The molecular formula is C9H11ClN4. The average molecular weight is 211 g/mol. The van der Waals surface area contributed by atoms with Gasteiger partial charge in [0.1, 0.15) is 5.82 Å². The highest BCUT2D eigenvalue weighted by molar-refractivity contribution is 6.32. The first kappa shape index (κ1) is 9.30. The molecular weight excluding hydrogens is 200 g/mol. The molecule has 2 aromatic rings. The first-order valence-corrected chi connectivity index (χ1v) is 4.66. The van der Waals surface area contributed by atoms with E-state index in [1.54, 1.807) is 0 Å². The van der Waals surface area contributed by atoms with E-state index in [1.807, 2.05) is 29.8 Å². The first-order valence-electron chi connectivity index (χ1n) is 4.29. The predicted molar refractivity (Wildman–Crippen MR) is 57.4 cm³/mol. The number of nitrogens with zero attached hydrogens (tertiary/aromatic N) is 2. The van der Waals surface area contributed by atoms with E-state index in [9.17, 15) is 0 Å². The molecule has 0 bridgehead atoms. The van der Waals surface area contributed by atoms with Crippen molar-refractivity contribution < 1.29 is 0 Å². The molecule has 3 N–H and O–H groups in total. The van der Waals surface area contributed by atoms with Crippen LogP contribution in [-0.2, 0) is 6.54 Å². The molecule has 2 rings (SSSR count). The van der Waals surface area contributed by atoms with Gasteiger partial charge in [0.15, 0.2) is 5.15 Å². The van der Waals surface area contributed by atoms with Crippen molar-refractivity contribution in [2.45, 2.75) is 6.54 Å². The molecule has 5 heteroatoms. The summed E-state index contributed by atoms with van der Waals surface area (Å²) < 4.78 is 1.90. The number of pyridine rings is 1. The van der Waals surface area contributed by atoms with Gasteiger partial charge in [-0.3, -0.25) is 4.40 Å². The number of nitrogens with two attached hydrogens (primary N) is 1. The van der Waals surface area contributed by atoms with Crippen LogP contribution in [0, 0.1) is 0 Å². The lowest BCUT2D eigenvalue weighted by Crippen LogP contribution is -2.08. The van der Waals surface area contributed by atoms with Crippen LogP contribution >= 0.6 is 11.6 Å². The molecule has 0 aromatic carbocycles. The Morgan fingerprint density at radius 1 is 1.57 bits per heavy atom. The van der Waals surface area contributed by atoms with Gasteiger partial charge in [-0.25, -0.2) is 4.98 Å². The molecule has 0 saturated carbocycles. The van der Waals surface area contributed by atoms with Crippen LogP contribution in [0.2, 0.25) is 5.15 Å². The van der Waals surface area contributed by atoms with Gasteiger partial charge in [0.2, 0.25) is 0 Å². The zero-order valence-electron chi connectivity index (χ0n) is 7.79. The summed E-state index contributed by atoms with van der Waals surface area (Å²) in [6, 6.07) is 3.68. The Morgan fingerprint density at radius 3 is 3.07 bits per heavy atom. The van der Waals surface area contributed by atoms with Crippen LogP contribution in [0.1, 0.15) is 5.82 Å². The van der Waals surface area contributed by atoms with E-state index in [2.05, 4.69) is 10.3 Å². The highest BCUT2D eigenvalue weighted by atomic mass is 35.5. The summed E-state index contributed by atoms with van der Waals surface area (Å²) in [4.78, 5) is 4.23. The molecule has 0 atom stereocenters. The monoisotopic (exact) mass is 210 g/mol. The fraction of sp³-hybridized carbons (Fsp3) is 0.222. The van der Waals surface area contributed by atoms with Gasteiger partial charge in [-0.2, -0.15) is 0 Å². The Kier molecular flexibility index (Phi) is 2.31. The van der Waals surface area contributed by atoms with Crippen LogP contribution in [0.15, 0.2) is 18.3 Å². The molecule has 0 spiro atoms. The minimum absolute atomic E-state index is 0.509. The summed E-state index contributed by atoms with van der Waals surface area (Å²) in [5.41, 5.74) is 7.26. The third-order valence-corrected chi connectivity index (χ3v) is 2.30. The lowest BCUT2D eigenvalue weighted by molar-refractivity contribution is 0.756. The minimum atomic E-state index is 0.509. The van der Waals surface area contributed by atoms with Crippen molar-refractivity contribution in [3.63, 3.8) is 0 Å². The minimum Gasteiger partial charge on any atom is -0.398 e. The molecule has 0 unspecified atom stereocenters. The Balaban J connectivity index is 2.66. The smallest absolute Gasteiger partial charge is 0.155 e. The van der Waals surface area contributed by atoms with Crippen LogP contribution in [0.5, 0.6) is 0 Å². The van der Waals surface area contributed by atoms with Gasteiger partial charge in [-0.15, -0.1) is 0 Å². The van der Waals surface area contributed by atoms with Crippen LogP contribution < -0.4 is 11.1 Å². The third-order valence-electron chi connectivity index (χ3n) is 2.02. The fourth-order valence-corrected chi connectivity index (χ4v) is 1.66. The Hall–Kier alpha value is -1.26. The lowest BCUT2D eigenvalue weighted by atomic mass is 10.4. The van der Waals surface area contributed by atoms with Crippen molar-refractivity contribution in [3.05, 3.63) is 29.3 Å². The molecule has 0 aliphatic rings. The molecule has 0 aliphatic heterocycles. The van der Waals surface area contributed by atoms with E-state index in [0.717, 1.165) is 11.3 Å². The van der Waals surface area contributed by atoms with Crippen LogP contribution in [0.25, 0.3) is 5.52 Å². The summed E-state index contributed by atoms with van der Waals surface area (Å²) in [7, 11) is 1.86. The number of rotatable bonds is 2. The van der Waals surface area contributed by atoms with E-state index in [1.165, 1.54) is 0 Å². The highest BCUT2D eigenvalue weighted by Gasteiger charge is 2.07. The molecule has 74 valence electrons. The van der Waals surface area contributed by atoms with E-state index in [-0.39, 0.29) is 0 Å². The molecule has 0 fully saturated rings. The van der Waals surface area contributed by atoms with Gasteiger partial charge in [0, 0.05) is 11.9 Å². The fourth-order valence-electron chi connectivity index (χ4n) is 1.41. The average Bonchev–Trinajstić information content (AvgIpc) is 2.44. The second-order valence-corrected chi connectivity index (χ2v) is 3.42. The van der Waals surface area contributed by atoms with Crippen LogP contribution in [-0.4, -0.2) is 16.4 Å². The summed E-state index contributed by atoms with van der Waals surface area (Å²) in [5.74, 6) is 0.861. The standard InChI is InChI=1S/C9H11ClN4/c1-12-4-8-13-9(10)7-3-2-6(11)5-14(7)8/h2-3,5,12H,4,11H2,1H3. The van der Waals surface area contributed by atoms with Gasteiger partial charge in [0.25, 0.3) is 0 Å². The SMILES string of the molecule is CNCc1nc(Cl)c2ccc(N)cn12. The van der Waals surface area contributed by atoms with Crippen LogP contribution in [0.3, 0.4) is 0 Å². The third kappa shape index (κ3) is 1.42. The number of nitrogens with one attached hydrogen (secondary N) is 1. The molecule has 4 nitrogen and oxygen atoms in total. The maximum absolute atomic E-state index is 5.97. The number of hydrogen-bond donors (Lipinski definition) is 2. The topological polar surface area (TPSA) is 55.3 Å². The van der Waals surface area contributed by atoms with Crippen molar-refractivity contribution in [1.82, 2.24) is 14.7 Å². The Labute approximate surface area is 86.7 Å². The lowest BCUT2D eigenvalue weighted by Gasteiger charge is -2.00. The first-order chi connectivity index (χ1) is 6.72. The maximum atomic E-state index is 5.97. The maximum Gasteiger partial charge on any atom is 0.155 e. The molecule has 0 saturated heterocycles. The quantitative estimate of drug-likeness (QED) is 0.786. The Morgan fingerprint density at radius 2 is 2.36 bits per heavy atom. The molecule has 2 aromatic heterocycles. The summed E-state index contributed by atoms with van der Waals surface area (Å²) in [6.45, 7) is 0.664. The molecule has 0 radical (unpaired) electrons. The van der Waals surface area contributed by atoms with Crippen molar-refractivity contribution >= 4 is 22.8 Å². The number of nitrogen functional groups attached to an aromatic ring is 1. The van der Waals surface area contributed by atoms with Gasteiger partial charge < -0.3 is 11.1 Å². The Bertz CT molecular complexity index is 463. The highest BCUT2D eigenvalue weighted by Crippen LogP contribution is 2.19. The second-order valence-electron chi connectivity index (χ2n) is 3.07. The number of anilines is 1. The van der Waals surface area contributed by atoms with E-state index >= 15 is 0 Å². The largest absolute Gasteiger partial charge is 0.398 e. The van der Waals surface area contributed by atoms with Crippen LogP contribution in [0.4, 0.5) is 5.69 Å². The van der Waals surface area contributed by atoms with Gasteiger partial charge in [-0.05, 0) is 19.2 Å². The normalized spacial score (nSPS) is 11.0. The second kappa shape index (κ2) is 3.48. The van der Waals surface area contributed by atoms with Crippen molar-refractivity contribution in [2.24, 2.45) is 0 Å². The van der Waals surface area contributed by atoms with E-state index < -0.39 is 0 Å². The van der Waals surface area contributed by atoms with Crippen molar-refractivity contribution in [2.75, 3.05) is 12.8 Å². The van der Waals surface area contributed by atoms with E-state index in [4.69, 9.17) is 17.3 Å². The molecule has 0 aliphatic carbocycles. The number of fused-ring (bicyclic) bond motifs is 1. The van der Waals surface area contributed by atoms with Gasteiger partial charge in [0.05, 0.1) is 12.1 Å². The van der Waals surface area contributed by atoms with Gasteiger partial charge >= 0.3 is 0 Å². The zero-order chi connectivity index (χ0) is 10.1. The van der Waals surface area contributed by atoms with Crippen molar-refractivity contribution in [3.8, 4) is 0 Å². The number of halogens is 1. The summed E-state index contributed by atoms with van der Waals surface area (Å²) in [6.07, 6.45) is 1.82.